The molecule has 42 heavy (non-hydrogen) atoms. The second-order valence-electron chi connectivity index (χ2n) is 12.6. The number of carbonyl (C=O) groups is 1. The van der Waals surface area contributed by atoms with E-state index in [1.54, 1.807) is 21.0 Å². The second-order valence-corrected chi connectivity index (χ2v) is 12.6. The molecule has 0 aliphatic carbocycles. The van der Waals surface area contributed by atoms with Crippen molar-refractivity contribution >= 4 is 11.8 Å². The summed E-state index contributed by atoms with van der Waals surface area (Å²) in [5, 5.41) is 36.2. The molecule has 10 nitrogen and oxygen atoms in total. The van der Waals surface area contributed by atoms with E-state index < -0.39 is 47.9 Å². The summed E-state index contributed by atoms with van der Waals surface area (Å²) in [7, 11) is 3.58. The number of aliphatic hydroxyl groups is 3. The van der Waals surface area contributed by atoms with Crippen molar-refractivity contribution in [1.82, 2.24) is 10.2 Å². The first-order chi connectivity index (χ1) is 19.8. The van der Waals surface area contributed by atoms with Gasteiger partial charge in [0.15, 0.2) is 12.1 Å². The van der Waals surface area contributed by atoms with Crippen molar-refractivity contribution < 1.29 is 34.3 Å². The molecule has 0 amide bonds. The summed E-state index contributed by atoms with van der Waals surface area (Å²) in [5.74, 6) is -0.890. The van der Waals surface area contributed by atoms with Crippen molar-refractivity contribution in [3.05, 3.63) is 35.9 Å². The highest BCUT2D eigenvalue weighted by atomic mass is 16.7. The van der Waals surface area contributed by atoms with Gasteiger partial charge in [0, 0.05) is 31.5 Å². The molecule has 0 bridgehead atoms. The Labute approximate surface area is 251 Å². The number of carbonyl (C=O) groups excluding carboxylic acids is 1. The maximum atomic E-state index is 13.2. The minimum absolute atomic E-state index is 0.0434. The molecule has 2 heterocycles. The van der Waals surface area contributed by atoms with Crippen LogP contribution in [0.2, 0.25) is 0 Å². The van der Waals surface area contributed by atoms with Gasteiger partial charge in [-0.25, -0.2) is 4.99 Å². The lowest BCUT2D eigenvalue weighted by Crippen LogP contribution is -2.57. The van der Waals surface area contributed by atoms with E-state index in [2.05, 4.69) is 5.32 Å². The fraction of sp³-hybridized carbons (Fsp3) is 0.750. The van der Waals surface area contributed by atoms with Crippen molar-refractivity contribution in [2.24, 2.45) is 16.8 Å². The standard InChI is InChI=1S/C32H53N3O7/c1-20-15-26(36)27(14-13-21(2)29(37)32(5,39)30(38)23(4)33-18-20)42-28-17-25(16-22(3)41-28)35(6)31(40-7)34-19-24-11-9-8-10-12-24/h8-12,20-23,25-28,30,33,36,38-39H,13-19H2,1-7H3/t20-,21?,22?,23?,25?,26?,27-,28?,30?,32-/m1/s1. The van der Waals surface area contributed by atoms with Gasteiger partial charge >= 0.3 is 0 Å². The van der Waals surface area contributed by atoms with E-state index >= 15 is 0 Å². The zero-order chi connectivity index (χ0) is 31.0. The summed E-state index contributed by atoms with van der Waals surface area (Å²) in [6.07, 6.45) is -0.636. The normalized spacial score (nSPS) is 37.7. The number of Topliss-reactive ketones (excluding diaryl/α,β-unsaturated/α-hetero) is 1. The first-order valence-corrected chi connectivity index (χ1v) is 15.4. The maximum absolute atomic E-state index is 13.2. The Kier molecular flexibility index (Phi) is 12.8. The number of aliphatic hydroxyl groups excluding tert-OH is 2. The Balaban J connectivity index is 1.73. The fourth-order valence-electron chi connectivity index (χ4n) is 6.06. The predicted molar refractivity (Wildman–Crippen MR) is 162 cm³/mol. The molecule has 1 aromatic carbocycles. The Morgan fingerprint density at radius 3 is 2.48 bits per heavy atom. The molecular formula is C32H53N3O7. The van der Waals surface area contributed by atoms with E-state index in [4.69, 9.17) is 19.2 Å². The third-order valence-electron chi connectivity index (χ3n) is 8.79. The van der Waals surface area contributed by atoms with Gasteiger partial charge in [-0.15, -0.1) is 0 Å². The Bertz CT molecular complexity index is 1010. The van der Waals surface area contributed by atoms with Crippen LogP contribution >= 0.6 is 0 Å². The average Bonchev–Trinajstić information content (AvgIpc) is 2.97. The van der Waals surface area contributed by atoms with Gasteiger partial charge in [-0.05, 0) is 64.5 Å². The van der Waals surface area contributed by atoms with E-state index in [1.165, 1.54) is 6.92 Å². The van der Waals surface area contributed by atoms with E-state index in [1.807, 2.05) is 56.1 Å². The quantitative estimate of drug-likeness (QED) is 0.301. The SMILES string of the molecule is COC(=NCc1ccccc1)N(C)C1CC(C)OC(O[C@@H]2CCC(C)C(=O)[C@@](C)(O)C(O)C(C)NC[C@H](C)CC2O)C1. The van der Waals surface area contributed by atoms with E-state index in [0.29, 0.717) is 44.8 Å². The van der Waals surface area contributed by atoms with Crippen molar-refractivity contribution in [2.45, 2.75) is 122 Å². The van der Waals surface area contributed by atoms with E-state index in [-0.39, 0.29) is 18.1 Å². The van der Waals surface area contributed by atoms with E-state index in [0.717, 1.165) is 12.0 Å². The third kappa shape index (κ3) is 9.21. The fourth-order valence-corrected chi connectivity index (χ4v) is 6.06. The van der Waals surface area contributed by atoms with Gasteiger partial charge in [0.05, 0.1) is 32.0 Å². The Morgan fingerprint density at radius 1 is 1.12 bits per heavy atom. The molecule has 2 aliphatic heterocycles. The highest BCUT2D eigenvalue weighted by Crippen LogP contribution is 2.30. The van der Waals surface area contributed by atoms with Crippen LogP contribution in [0.25, 0.3) is 0 Å². The van der Waals surface area contributed by atoms with Gasteiger partial charge in [-0.3, -0.25) is 4.79 Å². The molecule has 2 aliphatic rings. The molecule has 10 heteroatoms. The molecule has 0 aromatic heterocycles. The molecular weight excluding hydrogens is 538 g/mol. The number of ether oxygens (including phenoxy) is 3. The predicted octanol–water partition coefficient (Wildman–Crippen LogP) is 2.88. The number of amidine groups is 1. The molecule has 1 aromatic rings. The zero-order valence-corrected chi connectivity index (χ0v) is 26.4. The van der Waals surface area contributed by atoms with Crippen LogP contribution < -0.4 is 5.32 Å². The monoisotopic (exact) mass is 591 g/mol. The third-order valence-corrected chi connectivity index (χ3v) is 8.79. The summed E-state index contributed by atoms with van der Waals surface area (Å²) in [4.78, 5) is 19.9. The van der Waals surface area contributed by atoms with Crippen LogP contribution in [-0.4, -0.2) is 101 Å². The average molecular weight is 592 g/mol. The van der Waals surface area contributed by atoms with Gasteiger partial charge in [0.25, 0.3) is 6.02 Å². The highest BCUT2D eigenvalue weighted by molar-refractivity contribution is 5.89. The zero-order valence-electron chi connectivity index (χ0n) is 26.4. The minimum Gasteiger partial charge on any atom is -0.468 e. The Hall–Kier alpha value is -2.08. The molecule has 0 radical (unpaired) electrons. The molecule has 7 unspecified atom stereocenters. The molecule has 4 N–H and O–H groups in total. The Morgan fingerprint density at radius 2 is 1.81 bits per heavy atom. The van der Waals surface area contributed by atoms with Gasteiger partial charge < -0.3 is 39.7 Å². The van der Waals surface area contributed by atoms with Crippen LogP contribution in [0.15, 0.2) is 35.3 Å². The lowest BCUT2D eigenvalue weighted by atomic mass is 9.82. The molecule has 10 atom stereocenters. The smallest absolute Gasteiger partial charge is 0.287 e. The topological polar surface area (TPSA) is 133 Å². The number of methoxy groups -OCH3 is 1. The molecule has 0 saturated carbocycles. The molecule has 3 rings (SSSR count). The number of nitrogens with zero attached hydrogens (tertiary/aromatic N) is 2. The number of ketones is 1. The number of aliphatic imine (C=N–C) groups is 1. The number of benzene rings is 1. The van der Waals surface area contributed by atoms with Crippen LogP contribution in [0.5, 0.6) is 0 Å². The van der Waals surface area contributed by atoms with Crippen LogP contribution in [0, 0.1) is 11.8 Å². The summed E-state index contributed by atoms with van der Waals surface area (Å²) in [6, 6.07) is 10.1. The minimum atomic E-state index is -1.89. The van der Waals surface area contributed by atoms with E-state index in [9.17, 15) is 20.1 Å². The van der Waals surface area contributed by atoms with Crippen LogP contribution in [-0.2, 0) is 25.5 Å². The van der Waals surface area contributed by atoms with Crippen LogP contribution in [0.1, 0.15) is 72.3 Å². The number of hydrogen-bond donors (Lipinski definition) is 4. The summed E-state index contributed by atoms with van der Waals surface area (Å²) >= 11 is 0. The molecule has 2 saturated heterocycles. The van der Waals surface area contributed by atoms with Crippen molar-refractivity contribution in [3.63, 3.8) is 0 Å². The number of hydrogen-bond acceptors (Lipinski definition) is 9. The first kappa shape index (κ1) is 34.4. The lowest BCUT2D eigenvalue weighted by molar-refractivity contribution is -0.236. The molecule has 238 valence electrons. The maximum Gasteiger partial charge on any atom is 0.287 e. The van der Waals surface area contributed by atoms with Gasteiger partial charge in [0.2, 0.25) is 0 Å². The van der Waals surface area contributed by atoms with Crippen LogP contribution in [0.4, 0.5) is 0 Å². The van der Waals surface area contributed by atoms with Gasteiger partial charge in [-0.2, -0.15) is 0 Å². The van der Waals surface area contributed by atoms with Crippen LogP contribution in [0.3, 0.4) is 0 Å². The summed E-state index contributed by atoms with van der Waals surface area (Å²) in [5.41, 5.74) is -0.796. The van der Waals surface area contributed by atoms with Crippen molar-refractivity contribution in [2.75, 3.05) is 20.7 Å². The number of rotatable bonds is 5. The van der Waals surface area contributed by atoms with Gasteiger partial charge in [-0.1, -0.05) is 44.2 Å². The number of nitrogens with one attached hydrogen (secondary N) is 1. The van der Waals surface area contributed by atoms with Crippen molar-refractivity contribution in [1.29, 1.82) is 0 Å². The highest BCUT2D eigenvalue weighted by Gasteiger charge is 2.43. The largest absolute Gasteiger partial charge is 0.468 e. The first-order valence-electron chi connectivity index (χ1n) is 15.4. The molecule has 2 fully saturated rings. The second kappa shape index (κ2) is 15.6. The molecule has 0 spiro atoms. The van der Waals surface area contributed by atoms with Gasteiger partial charge in [0.1, 0.15) is 11.7 Å². The summed E-state index contributed by atoms with van der Waals surface area (Å²) < 4.78 is 18.3. The summed E-state index contributed by atoms with van der Waals surface area (Å²) in [6.45, 7) is 9.92. The lowest BCUT2D eigenvalue weighted by Gasteiger charge is -2.40. The van der Waals surface area contributed by atoms with Crippen molar-refractivity contribution in [3.8, 4) is 0 Å².